The molecule has 5 nitrogen and oxygen atoms in total. The molecule has 6 rings (SSSR count). The maximum absolute atomic E-state index is 12.2. The summed E-state index contributed by atoms with van der Waals surface area (Å²) in [5, 5.41) is 0. The van der Waals surface area contributed by atoms with Crippen molar-refractivity contribution in [3.05, 3.63) is 60.2 Å². The summed E-state index contributed by atoms with van der Waals surface area (Å²) in [7, 11) is -3.94. The maximum Gasteiger partial charge on any atom is 0.426 e. The van der Waals surface area contributed by atoms with Crippen LogP contribution in [0, 0.1) is 17.8 Å². The summed E-state index contributed by atoms with van der Waals surface area (Å²) in [5.74, 6) is 2.95. The van der Waals surface area contributed by atoms with Crippen LogP contribution in [0.2, 0.25) is 0 Å². The summed E-state index contributed by atoms with van der Waals surface area (Å²) in [6, 6.07) is 15.4. The molecule has 4 aliphatic carbocycles. The number of hydrogen-bond acceptors (Lipinski definition) is 4. The third-order valence-corrected chi connectivity index (χ3v) is 8.31. The molecule has 0 unspecified atom stereocenters. The number of rotatable bonds is 4. The van der Waals surface area contributed by atoms with Crippen LogP contribution in [-0.2, 0) is 15.4 Å². The molecule has 2 aromatic carbocycles. The molecule has 0 saturated heterocycles. The molecule has 4 fully saturated rings. The minimum Gasteiger partial charge on any atom is -0.410 e. The summed E-state index contributed by atoms with van der Waals surface area (Å²) in [6.07, 6.45) is 7.01. The van der Waals surface area contributed by atoms with Gasteiger partial charge in [0.05, 0.1) is 4.90 Å². The fourth-order valence-electron chi connectivity index (χ4n) is 6.24. The SMILES string of the molecule is O=C(NS(=O)(=O)c1ccccc1)Oc1ccc(C23CC4CC(CC(C4)C2)C3)cc1. The van der Waals surface area contributed by atoms with Crippen molar-refractivity contribution in [2.75, 3.05) is 0 Å². The lowest BCUT2D eigenvalue weighted by Crippen LogP contribution is -2.48. The lowest BCUT2D eigenvalue weighted by Gasteiger charge is -2.57. The molecule has 0 heterocycles. The highest BCUT2D eigenvalue weighted by molar-refractivity contribution is 7.90. The van der Waals surface area contributed by atoms with Gasteiger partial charge in [0, 0.05) is 0 Å². The van der Waals surface area contributed by atoms with Crippen molar-refractivity contribution in [3.8, 4) is 5.75 Å². The number of carbonyl (C=O) groups excluding carboxylic acids is 1. The second kappa shape index (κ2) is 6.87. The molecule has 4 saturated carbocycles. The number of hydrogen-bond donors (Lipinski definition) is 1. The molecular weight excluding hydrogens is 386 g/mol. The van der Waals surface area contributed by atoms with Crippen molar-refractivity contribution in [2.24, 2.45) is 17.8 Å². The Hall–Kier alpha value is -2.34. The van der Waals surface area contributed by atoms with Gasteiger partial charge in [0.25, 0.3) is 10.0 Å². The fraction of sp³-hybridized carbons (Fsp3) is 0.435. The third kappa shape index (κ3) is 3.54. The van der Waals surface area contributed by atoms with E-state index < -0.39 is 16.1 Å². The molecule has 6 heteroatoms. The smallest absolute Gasteiger partial charge is 0.410 e. The van der Waals surface area contributed by atoms with Crippen LogP contribution >= 0.6 is 0 Å². The van der Waals surface area contributed by atoms with Gasteiger partial charge in [0.15, 0.2) is 0 Å². The molecule has 0 aromatic heterocycles. The number of ether oxygens (including phenoxy) is 1. The van der Waals surface area contributed by atoms with E-state index in [0.29, 0.717) is 5.75 Å². The first kappa shape index (κ1) is 18.7. The first-order valence-electron chi connectivity index (χ1n) is 10.3. The third-order valence-electron chi connectivity index (χ3n) is 6.99. The van der Waals surface area contributed by atoms with Crippen molar-refractivity contribution in [2.45, 2.75) is 48.8 Å². The van der Waals surface area contributed by atoms with E-state index in [0.717, 1.165) is 17.8 Å². The van der Waals surface area contributed by atoms with Gasteiger partial charge in [-0.15, -0.1) is 0 Å². The zero-order chi connectivity index (χ0) is 20.1. The van der Waals surface area contributed by atoms with Crippen LogP contribution in [0.4, 0.5) is 4.79 Å². The van der Waals surface area contributed by atoms with E-state index in [-0.39, 0.29) is 10.3 Å². The summed E-state index contributed by atoms with van der Waals surface area (Å²) in [5.41, 5.74) is 1.62. The van der Waals surface area contributed by atoms with Crippen LogP contribution in [-0.4, -0.2) is 14.5 Å². The zero-order valence-electron chi connectivity index (χ0n) is 16.2. The predicted octanol–water partition coefficient (Wildman–Crippen LogP) is 4.63. The van der Waals surface area contributed by atoms with Crippen LogP contribution in [0.25, 0.3) is 0 Å². The minimum atomic E-state index is -3.94. The average Bonchev–Trinajstić information content (AvgIpc) is 2.67. The number of amides is 1. The summed E-state index contributed by atoms with van der Waals surface area (Å²) < 4.78 is 31.6. The van der Waals surface area contributed by atoms with Crippen molar-refractivity contribution < 1.29 is 17.9 Å². The second-order valence-electron chi connectivity index (χ2n) is 9.03. The van der Waals surface area contributed by atoms with Crippen LogP contribution < -0.4 is 9.46 Å². The van der Waals surface area contributed by atoms with Crippen molar-refractivity contribution in [1.82, 2.24) is 4.72 Å². The minimum absolute atomic E-state index is 0.0223. The van der Waals surface area contributed by atoms with Crippen LogP contribution in [0.3, 0.4) is 0 Å². The van der Waals surface area contributed by atoms with Crippen molar-refractivity contribution in [1.29, 1.82) is 0 Å². The van der Waals surface area contributed by atoms with Gasteiger partial charge in [-0.1, -0.05) is 30.3 Å². The van der Waals surface area contributed by atoms with Gasteiger partial charge in [0.2, 0.25) is 0 Å². The topological polar surface area (TPSA) is 72.5 Å². The Bertz CT molecular complexity index is 979. The van der Waals surface area contributed by atoms with Crippen LogP contribution in [0.5, 0.6) is 5.75 Å². The number of carbonyl (C=O) groups is 1. The van der Waals surface area contributed by atoms with E-state index in [1.54, 1.807) is 30.3 Å². The summed E-state index contributed by atoms with van der Waals surface area (Å²) >= 11 is 0. The van der Waals surface area contributed by atoms with Gasteiger partial charge < -0.3 is 4.74 Å². The van der Waals surface area contributed by atoms with Crippen LogP contribution in [0.1, 0.15) is 44.1 Å². The summed E-state index contributed by atoms with van der Waals surface area (Å²) in [6.45, 7) is 0. The Kier molecular flexibility index (Phi) is 4.42. The molecular formula is C23H25NO4S. The highest BCUT2D eigenvalue weighted by atomic mass is 32.2. The monoisotopic (exact) mass is 411 g/mol. The molecule has 1 amide bonds. The largest absolute Gasteiger partial charge is 0.426 e. The maximum atomic E-state index is 12.2. The van der Waals surface area contributed by atoms with Crippen molar-refractivity contribution >= 4 is 16.1 Å². The highest BCUT2D eigenvalue weighted by Crippen LogP contribution is 2.60. The fourth-order valence-corrected chi connectivity index (χ4v) is 7.13. The average molecular weight is 412 g/mol. The molecule has 152 valence electrons. The molecule has 1 N–H and O–H groups in total. The highest BCUT2D eigenvalue weighted by Gasteiger charge is 2.51. The molecule has 4 bridgehead atoms. The lowest BCUT2D eigenvalue weighted by atomic mass is 9.48. The van der Waals surface area contributed by atoms with Gasteiger partial charge in [-0.3, -0.25) is 0 Å². The molecule has 0 atom stereocenters. The Morgan fingerprint density at radius 3 is 1.97 bits per heavy atom. The van der Waals surface area contributed by atoms with Gasteiger partial charge >= 0.3 is 6.09 Å². The number of benzene rings is 2. The normalized spacial score (nSPS) is 30.1. The van der Waals surface area contributed by atoms with E-state index in [1.807, 2.05) is 4.72 Å². The first-order chi connectivity index (χ1) is 13.9. The standard InChI is InChI=1S/C23H25NO4S/c25-22(24-29(26,27)21-4-2-1-3-5-21)28-20-8-6-19(7-9-20)23-13-16-10-17(14-23)12-18(11-16)15-23/h1-9,16-18H,10-15H2,(H,24,25). The molecule has 2 aromatic rings. The molecule has 0 radical (unpaired) electrons. The van der Waals surface area contributed by atoms with E-state index in [9.17, 15) is 13.2 Å². The Labute approximate surface area is 171 Å². The van der Waals surface area contributed by atoms with Gasteiger partial charge in [0.1, 0.15) is 5.75 Å². The van der Waals surface area contributed by atoms with E-state index in [2.05, 4.69) is 12.1 Å². The molecule has 0 spiro atoms. The van der Waals surface area contributed by atoms with Gasteiger partial charge in [-0.05, 0) is 91.5 Å². The predicted molar refractivity (Wildman–Crippen MR) is 109 cm³/mol. The zero-order valence-corrected chi connectivity index (χ0v) is 17.0. The number of nitrogens with one attached hydrogen (secondary N) is 1. The van der Waals surface area contributed by atoms with Crippen molar-refractivity contribution in [3.63, 3.8) is 0 Å². The Balaban J connectivity index is 1.27. The first-order valence-corrected chi connectivity index (χ1v) is 11.8. The number of sulfonamides is 1. The Morgan fingerprint density at radius 2 is 1.41 bits per heavy atom. The Morgan fingerprint density at radius 1 is 0.862 bits per heavy atom. The van der Waals surface area contributed by atoms with Gasteiger partial charge in [-0.2, -0.15) is 0 Å². The van der Waals surface area contributed by atoms with E-state index in [4.69, 9.17) is 4.74 Å². The molecule has 0 aliphatic heterocycles. The van der Waals surface area contributed by atoms with E-state index in [1.165, 1.54) is 56.2 Å². The lowest BCUT2D eigenvalue weighted by molar-refractivity contribution is -0.00519. The molecule has 4 aliphatic rings. The second-order valence-corrected chi connectivity index (χ2v) is 10.7. The quantitative estimate of drug-likeness (QED) is 0.796. The van der Waals surface area contributed by atoms with Gasteiger partial charge in [-0.25, -0.2) is 17.9 Å². The van der Waals surface area contributed by atoms with E-state index >= 15 is 0 Å². The van der Waals surface area contributed by atoms with Crippen LogP contribution in [0.15, 0.2) is 59.5 Å². The summed E-state index contributed by atoms with van der Waals surface area (Å²) in [4.78, 5) is 12.1. The molecule has 29 heavy (non-hydrogen) atoms.